The Bertz CT molecular complexity index is 690. The van der Waals surface area contributed by atoms with E-state index in [-0.39, 0.29) is 12.0 Å². The van der Waals surface area contributed by atoms with E-state index in [9.17, 15) is 4.79 Å². The molecule has 0 radical (unpaired) electrons. The fraction of sp³-hybridized carbons (Fsp3) is 0.235. The molecule has 2 aromatic rings. The van der Waals surface area contributed by atoms with Gasteiger partial charge in [-0.2, -0.15) is 0 Å². The van der Waals surface area contributed by atoms with Gasteiger partial charge in [0, 0.05) is 11.6 Å². The van der Waals surface area contributed by atoms with Crippen molar-refractivity contribution in [3.8, 4) is 0 Å². The minimum absolute atomic E-state index is 0.0686. The van der Waals surface area contributed by atoms with E-state index in [4.69, 9.17) is 27.9 Å². The molecule has 1 saturated heterocycles. The second-order valence-corrected chi connectivity index (χ2v) is 5.99. The minimum atomic E-state index is -0.168. The fourth-order valence-electron chi connectivity index (χ4n) is 2.55. The summed E-state index contributed by atoms with van der Waals surface area (Å²) >= 11 is 12.1. The molecule has 3 rings (SSSR count). The van der Waals surface area contributed by atoms with E-state index in [2.05, 4.69) is 0 Å². The van der Waals surface area contributed by atoms with E-state index in [0.29, 0.717) is 35.3 Å². The summed E-state index contributed by atoms with van der Waals surface area (Å²) in [5.41, 5.74) is 1.50. The number of halogens is 2. The summed E-state index contributed by atoms with van der Waals surface area (Å²) in [6.07, 6.45) is -0.168. The van der Waals surface area contributed by atoms with Gasteiger partial charge in [0.15, 0.2) is 0 Å². The number of rotatable bonds is 2. The highest BCUT2D eigenvalue weighted by Crippen LogP contribution is 2.26. The van der Waals surface area contributed by atoms with Crippen molar-refractivity contribution in [2.24, 2.45) is 0 Å². The van der Waals surface area contributed by atoms with E-state index >= 15 is 0 Å². The highest BCUT2D eigenvalue weighted by molar-refractivity contribution is 6.33. The molecule has 1 atom stereocenters. The lowest BCUT2D eigenvalue weighted by Crippen LogP contribution is -2.42. The molecule has 0 saturated carbocycles. The van der Waals surface area contributed by atoms with Crippen molar-refractivity contribution in [3.05, 3.63) is 69.7 Å². The van der Waals surface area contributed by atoms with Crippen molar-refractivity contribution in [2.45, 2.75) is 6.10 Å². The van der Waals surface area contributed by atoms with Gasteiger partial charge in [-0.1, -0.05) is 47.5 Å². The predicted molar refractivity (Wildman–Crippen MR) is 87.5 cm³/mol. The Morgan fingerprint density at radius 2 is 1.95 bits per heavy atom. The number of benzene rings is 2. The van der Waals surface area contributed by atoms with Crippen LogP contribution < -0.4 is 0 Å². The standard InChI is InChI=1S/C17H15Cl2NO2/c18-13-5-3-4-12(10-13)16-11-20(8-9-22-16)17(21)14-6-1-2-7-15(14)19/h1-7,10,16H,8-9,11H2. The summed E-state index contributed by atoms with van der Waals surface area (Å²) in [6, 6.07) is 14.6. The molecule has 0 aromatic heterocycles. The Kier molecular flexibility index (Phi) is 4.67. The van der Waals surface area contributed by atoms with Gasteiger partial charge in [-0.25, -0.2) is 0 Å². The van der Waals surface area contributed by atoms with Gasteiger partial charge >= 0.3 is 0 Å². The number of carbonyl (C=O) groups excluding carboxylic acids is 1. The lowest BCUT2D eigenvalue weighted by Gasteiger charge is -2.33. The number of hydrogen-bond donors (Lipinski definition) is 0. The second-order valence-electron chi connectivity index (χ2n) is 5.15. The molecule has 0 bridgehead atoms. The van der Waals surface area contributed by atoms with Gasteiger partial charge in [0.05, 0.1) is 23.7 Å². The summed E-state index contributed by atoms with van der Waals surface area (Å²) in [5.74, 6) is -0.0686. The van der Waals surface area contributed by atoms with Gasteiger partial charge in [0.2, 0.25) is 0 Å². The topological polar surface area (TPSA) is 29.5 Å². The van der Waals surface area contributed by atoms with E-state index < -0.39 is 0 Å². The van der Waals surface area contributed by atoms with Crippen molar-refractivity contribution in [1.29, 1.82) is 0 Å². The highest BCUT2D eigenvalue weighted by atomic mass is 35.5. The van der Waals surface area contributed by atoms with Gasteiger partial charge in [0.25, 0.3) is 5.91 Å². The first-order valence-corrected chi connectivity index (χ1v) is 7.81. The van der Waals surface area contributed by atoms with Gasteiger partial charge < -0.3 is 9.64 Å². The average molecular weight is 336 g/mol. The van der Waals surface area contributed by atoms with Gasteiger partial charge in [-0.3, -0.25) is 4.79 Å². The summed E-state index contributed by atoms with van der Waals surface area (Å²) in [5, 5.41) is 1.13. The zero-order valence-corrected chi connectivity index (χ0v) is 13.3. The maximum absolute atomic E-state index is 12.6. The van der Waals surface area contributed by atoms with Crippen molar-refractivity contribution in [1.82, 2.24) is 4.90 Å². The number of nitrogens with zero attached hydrogens (tertiary/aromatic N) is 1. The highest BCUT2D eigenvalue weighted by Gasteiger charge is 2.27. The lowest BCUT2D eigenvalue weighted by atomic mass is 10.1. The number of morpholine rings is 1. The molecule has 0 aliphatic carbocycles. The van der Waals surface area contributed by atoms with Crippen LogP contribution in [0.1, 0.15) is 22.0 Å². The zero-order valence-electron chi connectivity index (χ0n) is 11.8. The third kappa shape index (κ3) is 3.27. The molecular weight excluding hydrogens is 321 g/mol. The van der Waals surface area contributed by atoms with E-state index in [1.807, 2.05) is 36.4 Å². The van der Waals surface area contributed by atoms with E-state index in [1.165, 1.54) is 0 Å². The Balaban J connectivity index is 1.78. The number of carbonyl (C=O) groups is 1. The van der Waals surface area contributed by atoms with Crippen LogP contribution in [0.2, 0.25) is 10.0 Å². The van der Waals surface area contributed by atoms with Crippen LogP contribution in [0.25, 0.3) is 0 Å². The molecule has 1 heterocycles. The third-order valence-corrected chi connectivity index (χ3v) is 4.24. The molecule has 114 valence electrons. The Labute approximate surface area is 139 Å². The molecule has 5 heteroatoms. The average Bonchev–Trinajstić information content (AvgIpc) is 2.55. The molecule has 1 amide bonds. The maximum Gasteiger partial charge on any atom is 0.255 e. The molecule has 1 aliphatic rings. The minimum Gasteiger partial charge on any atom is -0.370 e. The van der Waals surface area contributed by atoms with Crippen LogP contribution in [0.4, 0.5) is 0 Å². The SMILES string of the molecule is O=C(c1ccccc1Cl)N1CCOC(c2cccc(Cl)c2)C1. The molecule has 0 N–H and O–H groups in total. The first-order chi connectivity index (χ1) is 10.6. The fourth-order valence-corrected chi connectivity index (χ4v) is 2.96. The summed E-state index contributed by atoms with van der Waals surface area (Å²) in [6.45, 7) is 1.54. The van der Waals surface area contributed by atoms with Crippen molar-refractivity contribution >= 4 is 29.1 Å². The Hall–Kier alpha value is -1.55. The first-order valence-electron chi connectivity index (χ1n) is 7.06. The first kappa shape index (κ1) is 15.3. The van der Waals surface area contributed by atoms with Crippen LogP contribution in [0.5, 0.6) is 0 Å². The normalized spacial score (nSPS) is 18.3. The van der Waals surface area contributed by atoms with E-state index in [0.717, 1.165) is 5.56 Å². The third-order valence-electron chi connectivity index (χ3n) is 3.68. The predicted octanol–water partition coefficient (Wildman–Crippen LogP) is 4.21. The smallest absolute Gasteiger partial charge is 0.255 e. The van der Waals surface area contributed by atoms with Gasteiger partial charge in [-0.05, 0) is 29.8 Å². The van der Waals surface area contributed by atoms with Crippen LogP contribution in [0.15, 0.2) is 48.5 Å². The van der Waals surface area contributed by atoms with Crippen molar-refractivity contribution < 1.29 is 9.53 Å². The molecule has 0 spiro atoms. The van der Waals surface area contributed by atoms with Crippen LogP contribution in [0.3, 0.4) is 0 Å². The number of ether oxygens (including phenoxy) is 1. The van der Waals surface area contributed by atoms with Gasteiger partial charge in [0.1, 0.15) is 6.10 Å². The lowest BCUT2D eigenvalue weighted by molar-refractivity contribution is -0.0228. The Morgan fingerprint density at radius 3 is 2.73 bits per heavy atom. The molecule has 2 aromatic carbocycles. The quantitative estimate of drug-likeness (QED) is 0.822. The largest absolute Gasteiger partial charge is 0.370 e. The second kappa shape index (κ2) is 6.69. The summed E-state index contributed by atoms with van der Waals surface area (Å²) in [4.78, 5) is 14.4. The van der Waals surface area contributed by atoms with Crippen LogP contribution in [-0.4, -0.2) is 30.5 Å². The van der Waals surface area contributed by atoms with Crippen LogP contribution in [-0.2, 0) is 4.74 Å². The molecule has 1 unspecified atom stereocenters. The molecule has 1 aliphatic heterocycles. The summed E-state index contributed by atoms with van der Waals surface area (Å²) < 4.78 is 5.78. The molecular formula is C17H15Cl2NO2. The van der Waals surface area contributed by atoms with E-state index in [1.54, 1.807) is 17.0 Å². The maximum atomic E-state index is 12.6. The van der Waals surface area contributed by atoms with Crippen molar-refractivity contribution in [3.63, 3.8) is 0 Å². The Morgan fingerprint density at radius 1 is 1.14 bits per heavy atom. The van der Waals surface area contributed by atoms with Crippen LogP contribution in [0, 0.1) is 0 Å². The molecule has 22 heavy (non-hydrogen) atoms. The van der Waals surface area contributed by atoms with Gasteiger partial charge in [-0.15, -0.1) is 0 Å². The zero-order chi connectivity index (χ0) is 15.5. The summed E-state index contributed by atoms with van der Waals surface area (Å²) in [7, 11) is 0. The molecule has 1 fully saturated rings. The van der Waals surface area contributed by atoms with Crippen LogP contribution >= 0.6 is 23.2 Å². The van der Waals surface area contributed by atoms with Crippen molar-refractivity contribution in [2.75, 3.05) is 19.7 Å². The number of amides is 1. The molecule has 3 nitrogen and oxygen atoms in total. The number of hydrogen-bond acceptors (Lipinski definition) is 2. The monoisotopic (exact) mass is 335 g/mol.